The van der Waals surface area contributed by atoms with Gasteiger partial charge in [0.25, 0.3) is 0 Å². The van der Waals surface area contributed by atoms with E-state index >= 15 is 0 Å². The maximum absolute atomic E-state index is 12.2. The molecule has 4 heteroatoms. The lowest BCUT2D eigenvalue weighted by atomic mass is 9.82. The Morgan fingerprint density at radius 1 is 1.44 bits per heavy atom. The van der Waals surface area contributed by atoms with E-state index in [4.69, 9.17) is 5.73 Å². The van der Waals surface area contributed by atoms with Gasteiger partial charge in [0, 0.05) is 18.9 Å². The molecule has 1 aliphatic carbocycles. The Bertz CT molecular complexity index is 425. The number of aryl methyl sites for hydroxylation is 1. The van der Waals surface area contributed by atoms with E-state index in [0.29, 0.717) is 6.54 Å². The molecule has 1 aromatic rings. The van der Waals surface area contributed by atoms with E-state index in [9.17, 15) is 4.79 Å². The number of hydrogen-bond acceptors (Lipinski definition) is 3. The number of hydrogen-bond donors (Lipinski definition) is 2. The number of rotatable bonds is 3. The number of nitrogens with two attached hydrogens (primary N) is 1. The van der Waals surface area contributed by atoms with Crippen LogP contribution < -0.4 is 11.1 Å². The van der Waals surface area contributed by atoms with E-state index in [1.54, 1.807) is 12.4 Å². The fourth-order valence-electron chi connectivity index (χ4n) is 2.46. The molecule has 1 fully saturated rings. The summed E-state index contributed by atoms with van der Waals surface area (Å²) in [6, 6.07) is 1.93. The van der Waals surface area contributed by atoms with E-state index in [2.05, 4.69) is 10.3 Å². The van der Waals surface area contributed by atoms with Crippen molar-refractivity contribution in [2.45, 2.75) is 51.1 Å². The third kappa shape index (κ3) is 2.88. The highest BCUT2D eigenvalue weighted by molar-refractivity contribution is 5.86. The smallest absolute Gasteiger partial charge is 0.240 e. The van der Waals surface area contributed by atoms with E-state index in [1.807, 2.05) is 13.0 Å². The second-order valence-electron chi connectivity index (χ2n) is 5.20. The molecule has 1 aliphatic rings. The molecule has 0 saturated heterocycles. The molecule has 3 N–H and O–H groups in total. The predicted molar refractivity (Wildman–Crippen MR) is 70.8 cm³/mol. The molecule has 18 heavy (non-hydrogen) atoms. The van der Waals surface area contributed by atoms with Crippen molar-refractivity contribution < 1.29 is 4.79 Å². The Balaban J connectivity index is 1.94. The minimum atomic E-state index is -0.654. The highest BCUT2D eigenvalue weighted by atomic mass is 16.2. The highest BCUT2D eigenvalue weighted by Crippen LogP contribution is 2.26. The standard InChI is InChI=1S/C14H21N3O/c1-11-9-16-8-5-12(11)10-17-13(18)14(15)6-3-2-4-7-14/h5,8-9H,2-4,6-7,10,15H2,1H3,(H,17,18). The van der Waals surface area contributed by atoms with Gasteiger partial charge in [-0.2, -0.15) is 0 Å². The maximum Gasteiger partial charge on any atom is 0.240 e. The molecule has 98 valence electrons. The lowest BCUT2D eigenvalue weighted by molar-refractivity contribution is -0.127. The number of nitrogens with one attached hydrogen (secondary N) is 1. The van der Waals surface area contributed by atoms with Crippen molar-refractivity contribution in [1.82, 2.24) is 10.3 Å². The summed E-state index contributed by atoms with van der Waals surface area (Å²) in [5.74, 6) is -0.0154. The Hall–Kier alpha value is -1.42. The van der Waals surface area contributed by atoms with Crippen molar-refractivity contribution in [1.29, 1.82) is 0 Å². The average Bonchev–Trinajstić information content (AvgIpc) is 2.38. The highest BCUT2D eigenvalue weighted by Gasteiger charge is 2.34. The summed E-state index contributed by atoms with van der Waals surface area (Å²) < 4.78 is 0. The minimum absolute atomic E-state index is 0.0154. The molecule has 0 bridgehead atoms. The number of nitrogens with zero attached hydrogens (tertiary/aromatic N) is 1. The molecule has 1 amide bonds. The van der Waals surface area contributed by atoms with Crippen molar-refractivity contribution >= 4 is 5.91 Å². The lowest BCUT2D eigenvalue weighted by Gasteiger charge is -2.31. The average molecular weight is 247 g/mol. The van der Waals surface area contributed by atoms with Crippen LogP contribution in [0.2, 0.25) is 0 Å². The van der Waals surface area contributed by atoms with E-state index < -0.39 is 5.54 Å². The largest absolute Gasteiger partial charge is 0.350 e. The zero-order chi connectivity index (χ0) is 13.0. The van der Waals surface area contributed by atoms with Crippen LogP contribution in [0.5, 0.6) is 0 Å². The van der Waals surface area contributed by atoms with Crippen LogP contribution >= 0.6 is 0 Å². The van der Waals surface area contributed by atoms with E-state index in [-0.39, 0.29) is 5.91 Å². The van der Waals surface area contributed by atoms with Crippen molar-refractivity contribution in [3.63, 3.8) is 0 Å². The van der Waals surface area contributed by atoms with Crippen LogP contribution in [-0.4, -0.2) is 16.4 Å². The molecule has 1 saturated carbocycles. The first-order valence-corrected chi connectivity index (χ1v) is 6.58. The summed E-state index contributed by atoms with van der Waals surface area (Å²) in [4.78, 5) is 16.2. The van der Waals surface area contributed by atoms with Gasteiger partial charge in [-0.05, 0) is 37.0 Å². The normalized spacial score (nSPS) is 18.3. The van der Waals surface area contributed by atoms with Gasteiger partial charge in [-0.25, -0.2) is 0 Å². The van der Waals surface area contributed by atoms with E-state index in [0.717, 1.165) is 36.8 Å². The number of carbonyl (C=O) groups is 1. The van der Waals surface area contributed by atoms with Crippen molar-refractivity contribution in [2.24, 2.45) is 5.73 Å². The second-order valence-corrected chi connectivity index (χ2v) is 5.20. The summed E-state index contributed by atoms with van der Waals surface area (Å²) in [5, 5.41) is 2.96. The topological polar surface area (TPSA) is 68.0 Å². The summed E-state index contributed by atoms with van der Waals surface area (Å²) in [6.07, 6.45) is 8.45. The third-order valence-electron chi connectivity index (χ3n) is 3.77. The molecule has 0 unspecified atom stereocenters. The third-order valence-corrected chi connectivity index (χ3v) is 3.77. The SMILES string of the molecule is Cc1cnccc1CNC(=O)C1(N)CCCCC1. The molecular formula is C14H21N3O. The molecule has 0 atom stereocenters. The number of pyridine rings is 1. The minimum Gasteiger partial charge on any atom is -0.350 e. The quantitative estimate of drug-likeness (QED) is 0.853. The number of aromatic nitrogens is 1. The van der Waals surface area contributed by atoms with Gasteiger partial charge in [0.1, 0.15) is 0 Å². The summed E-state index contributed by atoms with van der Waals surface area (Å²) in [5.41, 5.74) is 7.71. The molecule has 4 nitrogen and oxygen atoms in total. The molecule has 0 aliphatic heterocycles. The van der Waals surface area contributed by atoms with Gasteiger partial charge in [-0.15, -0.1) is 0 Å². The van der Waals surface area contributed by atoms with Gasteiger partial charge < -0.3 is 11.1 Å². The second kappa shape index (κ2) is 5.48. The van der Waals surface area contributed by atoms with Gasteiger partial charge in [0.15, 0.2) is 0 Å². The first-order chi connectivity index (χ1) is 8.62. The van der Waals surface area contributed by atoms with Crippen molar-refractivity contribution in [3.05, 3.63) is 29.6 Å². The summed E-state index contributed by atoms with van der Waals surface area (Å²) in [6.45, 7) is 2.53. The maximum atomic E-state index is 12.2. The fraction of sp³-hybridized carbons (Fsp3) is 0.571. The molecular weight excluding hydrogens is 226 g/mol. The summed E-state index contributed by atoms with van der Waals surface area (Å²) in [7, 11) is 0. The number of carbonyl (C=O) groups excluding carboxylic acids is 1. The van der Waals surface area contributed by atoms with Crippen LogP contribution in [0.4, 0.5) is 0 Å². The zero-order valence-electron chi connectivity index (χ0n) is 10.9. The Kier molecular flexibility index (Phi) is 3.97. The molecule has 0 radical (unpaired) electrons. The first-order valence-electron chi connectivity index (χ1n) is 6.58. The van der Waals surface area contributed by atoms with Crippen LogP contribution in [0.3, 0.4) is 0 Å². The van der Waals surface area contributed by atoms with Gasteiger partial charge in [0.2, 0.25) is 5.91 Å². The Morgan fingerprint density at radius 3 is 2.83 bits per heavy atom. The Morgan fingerprint density at radius 2 is 2.17 bits per heavy atom. The van der Waals surface area contributed by atoms with Gasteiger partial charge in [-0.1, -0.05) is 19.3 Å². The monoisotopic (exact) mass is 247 g/mol. The van der Waals surface area contributed by atoms with Gasteiger partial charge >= 0.3 is 0 Å². The van der Waals surface area contributed by atoms with Crippen molar-refractivity contribution in [2.75, 3.05) is 0 Å². The van der Waals surface area contributed by atoms with Crippen LogP contribution in [-0.2, 0) is 11.3 Å². The predicted octanol–water partition coefficient (Wildman–Crippen LogP) is 1.67. The first kappa shape index (κ1) is 13.0. The number of amides is 1. The fourth-order valence-corrected chi connectivity index (χ4v) is 2.46. The molecule has 1 aromatic heterocycles. The Labute approximate surface area is 108 Å². The van der Waals surface area contributed by atoms with Gasteiger partial charge in [-0.3, -0.25) is 9.78 Å². The zero-order valence-corrected chi connectivity index (χ0v) is 10.9. The van der Waals surface area contributed by atoms with Crippen LogP contribution in [0.1, 0.15) is 43.2 Å². The molecule has 2 rings (SSSR count). The van der Waals surface area contributed by atoms with Crippen LogP contribution in [0, 0.1) is 6.92 Å². The molecule has 0 aromatic carbocycles. The van der Waals surface area contributed by atoms with E-state index in [1.165, 1.54) is 6.42 Å². The van der Waals surface area contributed by atoms with Crippen LogP contribution in [0.15, 0.2) is 18.5 Å². The van der Waals surface area contributed by atoms with Gasteiger partial charge in [0.05, 0.1) is 5.54 Å². The lowest BCUT2D eigenvalue weighted by Crippen LogP contribution is -2.54. The van der Waals surface area contributed by atoms with Crippen LogP contribution in [0.25, 0.3) is 0 Å². The van der Waals surface area contributed by atoms with Crippen molar-refractivity contribution in [3.8, 4) is 0 Å². The summed E-state index contributed by atoms with van der Waals surface area (Å²) >= 11 is 0. The molecule has 1 heterocycles. The molecule has 0 spiro atoms.